The summed E-state index contributed by atoms with van der Waals surface area (Å²) in [6.07, 6.45) is -0.186. The molecule has 116 valence electrons. The summed E-state index contributed by atoms with van der Waals surface area (Å²) in [7, 11) is 0. The van der Waals surface area contributed by atoms with E-state index >= 15 is 0 Å². The number of alkyl carbamates (subject to hydrolysis) is 1. The highest BCUT2D eigenvalue weighted by atomic mass is 16.6. The third-order valence-corrected chi connectivity index (χ3v) is 2.67. The molecule has 2 atom stereocenters. The van der Waals surface area contributed by atoms with E-state index in [2.05, 4.69) is 5.32 Å². The molecule has 0 aromatic carbocycles. The Balaban J connectivity index is 2.32. The standard InChI is InChI=1S/C13H23NO6/c1-12(2,3)20-11(17)14-9(7-15)10(16)18-6-5-13(4)8-19-13/h9,15H,5-8H2,1-4H3,(H,14,17)/t9-,13?/m0/s1. The van der Waals surface area contributed by atoms with Gasteiger partial charge in [0.25, 0.3) is 0 Å². The Morgan fingerprint density at radius 3 is 2.50 bits per heavy atom. The van der Waals surface area contributed by atoms with E-state index in [-0.39, 0.29) is 12.2 Å². The van der Waals surface area contributed by atoms with Gasteiger partial charge in [0.1, 0.15) is 5.60 Å². The molecular weight excluding hydrogens is 266 g/mol. The Bertz CT molecular complexity index is 358. The van der Waals surface area contributed by atoms with Crippen LogP contribution in [0.3, 0.4) is 0 Å². The lowest BCUT2D eigenvalue weighted by atomic mass is 10.1. The van der Waals surface area contributed by atoms with Crippen LogP contribution in [0, 0.1) is 0 Å². The van der Waals surface area contributed by atoms with Gasteiger partial charge >= 0.3 is 12.1 Å². The van der Waals surface area contributed by atoms with Crippen molar-refractivity contribution in [1.82, 2.24) is 5.32 Å². The summed E-state index contributed by atoms with van der Waals surface area (Å²) in [5, 5.41) is 11.4. The first kappa shape index (κ1) is 16.7. The van der Waals surface area contributed by atoms with Crippen LogP contribution in [0.25, 0.3) is 0 Å². The molecule has 1 amide bonds. The lowest BCUT2D eigenvalue weighted by Crippen LogP contribution is -2.46. The van der Waals surface area contributed by atoms with E-state index in [1.807, 2.05) is 6.92 Å². The highest BCUT2D eigenvalue weighted by Gasteiger charge is 2.39. The minimum Gasteiger partial charge on any atom is -0.464 e. The van der Waals surface area contributed by atoms with E-state index < -0.39 is 30.3 Å². The van der Waals surface area contributed by atoms with Crippen molar-refractivity contribution >= 4 is 12.1 Å². The minimum absolute atomic E-state index is 0.182. The second-order valence-corrected chi connectivity index (χ2v) is 6.04. The first-order valence-corrected chi connectivity index (χ1v) is 6.56. The molecule has 1 unspecified atom stereocenters. The Hall–Kier alpha value is -1.34. The summed E-state index contributed by atoms with van der Waals surface area (Å²) in [6, 6.07) is -1.13. The predicted molar refractivity (Wildman–Crippen MR) is 70.2 cm³/mol. The van der Waals surface area contributed by atoms with Crippen molar-refractivity contribution in [3.8, 4) is 0 Å². The van der Waals surface area contributed by atoms with Gasteiger partial charge in [-0.3, -0.25) is 0 Å². The average molecular weight is 289 g/mol. The summed E-state index contributed by atoms with van der Waals surface area (Å²) >= 11 is 0. The molecule has 0 saturated carbocycles. The third-order valence-electron chi connectivity index (χ3n) is 2.67. The van der Waals surface area contributed by atoms with Gasteiger partial charge < -0.3 is 24.6 Å². The summed E-state index contributed by atoms with van der Waals surface area (Å²) in [5.74, 6) is -0.692. The molecule has 7 heteroatoms. The van der Waals surface area contributed by atoms with Crippen LogP contribution < -0.4 is 5.32 Å². The molecule has 0 bridgehead atoms. The van der Waals surface area contributed by atoms with Crippen LogP contribution >= 0.6 is 0 Å². The highest BCUT2D eigenvalue weighted by molar-refractivity contribution is 5.81. The quantitative estimate of drug-likeness (QED) is 0.549. The number of aliphatic hydroxyl groups excluding tert-OH is 1. The van der Waals surface area contributed by atoms with Gasteiger partial charge in [0.15, 0.2) is 6.04 Å². The zero-order valence-corrected chi connectivity index (χ0v) is 12.4. The summed E-state index contributed by atoms with van der Waals surface area (Å²) in [5.41, 5.74) is -0.876. The van der Waals surface area contributed by atoms with Crippen LogP contribution in [-0.2, 0) is 19.0 Å². The fourth-order valence-electron chi connectivity index (χ4n) is 1.36. The van der Waals surface area contributed by atoms with E-state index in [1.54, 1.807) is 20.8 Å². The maximum atomic E-state index is 11.7. The van der Waals surface area contributed by atoms with Crippen LogP contribution in [0.15, 0.2) is 0 Å². The lowest BCUT2D eigenvalue weighted by molar-refractivity contribution is -0.147. The fraction of sp³-hybridized carbons (Fsp3) is 0.846. The van der Waals surface area contributed by atoms with Crippen molar-refractivity contribution in [2.24, 2.45) is 0 Å². The molecule has 1 fully saturated rings. The van der Waals surface area contributed by atoms with Gasteiger partial charge in [-0.25, -0.2) is 9.59 Å². The molecule has 1 saturated heterocycles. The van der Waals surface area contributed by atoms with Crippen LogP contribution in [0.1, 0.15) is 34.1 Å². The zero-order valence-electron chi connectivity index (χ0n) is 12.4. The number of carbonyl (C=O) groups excluding carboxylic acids is 2. The number of ether oxygens (including phenoxy) is 3. The first-order chi connectivity index (χ1) is 9.15. The van der Waals surface area contributed by atoms with E-state index in [9.17, 15) is 9.59 Å². The van der Waals surface area contributed by atoms with Gasteiger partial charge in [-0.05, 0) is 27.7 Å². The van der Waals surface area contributed by atoms with Gasteiger partial charge in [0.2, 0.25) is 0 Å². The van der Waals surface area contributed by atoms with Gasteiger partial charge in [-0.15, -0.1) is 0 Å². The molecule has 0 aliphatic carbocycles. The second-order valence-electron chi connectivity index (χ2n) is 6.04. The molecule has 0 aromatic heterocycles. The smallest absolute Gasteiger partial charge is 0.408 e. The van der Waals surface area contributed by atoms with Gasteiger partial charge in [-0.2, -0.15) is 0 Å². The number of hydrogen-bond donors (Lipinski definition) is 2. The van der Waals surface area contributed by atoms with Crippen molar-refractivity contribution in [2.45, 2.75) is 51.4 Å². The van der Waals surface area contributed by atoms with Crippen molar-refractivity contribution in [2.75, 3.05) is 19.8 Å². The number of amides is 1. The molecule has 1 rings (SSSR count). The largest absolute Gasteiger partial charge is 0.464 e. The molecule has 7 nitrogen and oxygen atoms in total. The Labute approximate surface area is 118 Å². The zero-order chi connectivity index (χ0) is 15.4. The van der Waals surface area contributed by atoms with E-state index in [0.717, 1.165) is 0 Å². The van der Waals surface area contributed by atoms with Crippen LogP contribution in [-0.4, -0.2) is 54.2 Å². The number of rotatable bonds is 6. The molecule has 1 aliphatic rings. The van der Waals surface area contributed by atoms with Crippen molar-refractivity contribution in [1.29, 1.82) is 0 Å². The molecule has 2 N–H and O–H groups in total. The Kier molecular flexibility index (Phi) is 5.35. The fourth-order valence-corrected chi connectivity index (χ4v) is 1.36. The molecule has 20 heavy (non-hydrogen) atoms. The number of nitrogens with one attached hydrogen (secondary N) is 1. The Morgan fingerprint density at radius 1 is 1.45 bits per heavy atom. The number of epoxide rings is 1. The summed E-state index contributed by atoms with van der Waals surface area (Å²) in [4.78, 5) is 23.2. The third kappa shape index (κ3) is 6.21. The predicted octanol–water partition coefficient (Wildman–Crippen LogP) is 0.594. The highest BCUT2D eigenvalue weighted by Crippen LogP contribution is 2.29. The lowest BCUT2D eigenvalue weighted by Gasteiger charge is -2.22. The van der Waals surface area contributed by atoms with Gasteiger partial charge in [-0.1, -0.05) is 0 Å². The van der Waals surface area contributed by atoms with Crippen LogP contribution in [0.4, 0.5) is 4.79 Å². The number of carbonyl (C=O) groups is 2. The number of aliphatic hydroxyl groups is 1. The van der Waals surface area contributed by atoms with Crippen LogP contribution in [0.5, 0.6) is 0 Å². The molecule has 0 aromatic rings. The topological polar surface area (TPSA) is 97.4 Å². The summed E-state index contributed by atoms with van der Waals surface area (Å²) < 4.78 is 15.1. The summed E-state index contributed by atoms with van der Waals surface area (Å²) in [6.45, 7) is 7.32. The Morgan fingerprint density at radius 2 is 2.05 bits per heavy atom. The van der Waals surface area contributed by atoms with E-state index in [4.69, 9.17) is 19.3 Å². The normalized spacial score (nSPS) is 22.9. The average Bonchev–Trinajstić information content (AvgIpc) is 3.01. The molecule has 1 heterocycles. The first-order valence-electron chi connectivity index (χ1n) is 6.56. The van der Waals surface area contributed by atoms with Gasteiger partial charge in [0.05, 0.1) is 25.4 Å². The van der Waals surface area contributed by atoms with Crippen molar-refractivity contribution in [3.05, 3.63) is 0 Å². The molecule has 0 radical (unpaired) electrons. The second kappa shape index (κ2) is 6.41. The van der Waals surface area contributed by atoms with E-state index in [1.165, 1.54) is 0 Å². The maximum Gasteiger partial charge on any atom is 0.408 e. The minimum atomic E-state index is -1.13. The number of esters is 1. The van der Waals surface area contributed by atoms with E-state index in [0.29, 0.717) is 13.0 Å². The van der Waals surface area contributed by atoms with Crippen LogP contribution in [0.2, 0.25) is 0 Å². The van der Waals surface area contributed by atoms with Crippen molar-refractivity contribution < 1.29 is 28.9 Å². The SMILES string of the molecule is CC(C)(C)OC(=O)N[C@@H](CO)C(=O)OCCC1(C)CO1. The monoisotopic (exact) mass is 289 g/mol. The molecule has 0 spiro atoms. The maximum absolute atomic E-state index is 11.7. The molecule has 1 aliphatic heterocycles. The number of hydrogen-bond acceptors (Lipinski definition) is 6. The van der Waals surface area contributed by atoms with Gasteiger partial charge in [0, 0.05) is 6.42 Å². The molecular formula is C13H23NO6. The van der Waals surface area contributed by atoms with Crippen molar-refractivity contribution in [3.63, 3.8) is 0 Å².